The molecule has 0 aliphatic carbocycles. The van der Waals surface area contributed by atoms with E-state index in [4.69, 9.17) is 28.3 Å². The molecule has 0 aliphatic rings. The molecular formula is C47H40N6O12S. The van der Waals surface area contributed by atoms with Gasteiger partial charge in [0.1, 0.15) is 65.1 Å². The van der Waals surface area contributed by atoms with Crippen molar-refractivity contribution in [1.29, 1.82) is 5.26 Å². The molecule has 0 atom stereocenters. The highest BCUT2D eigenvalue weighted by Gasteiger charge is 2.26. The van der Waals surface area contributed by atoms with Gasteiger partial charge in [-0.25, -0.2) is 14.8 Å². The van der Waals surface area contributed by atoms with Crippen LogP contribution in [0.3, 0.4) is 0 Å². The monoisotopic (exact) mass is 912 g/mol. The van der Waals surface area contributed by atoms with Crippen LogP contribution >= 0.6 is 0 Å². The second-order valence-electron chi connectivity index (χ2n) is 12.9. The Hall–Kier alpha value is -8.86. The second kappa shape index (κ2) is 23.5. The van der Waals surface area contributed by atoms with Gasteiger partial charge in [0.05, 0.1) is 24.3 Å². The van der Waals surface area contributed by atoms with Gasteiger partial charge in [0.2, 0.25) is 11.8 Å². The SMILES string of the molecule is CNC(=O)/C(=N/OC)c1ccccc1Oc1ccccc1.CO/C(C)=C(/C(=O)OS(=O)(=O)O)c1ccccc1Oc1cc(Oc2ccccc2C#N)ncn1.Oc1cccc2cccnc12. The zero-order valence-corrected chi connectivity index (χ0v) is 36.4. The third kappa shape index (κ3) is 13.6. The first kappa shape index (κ1) is 48.2. The Morgan fingerprint density at radius 3 is 1.94 bits per heavy atom. The number of amides is 1. The average molecular weight is 913 g/mol. The summed E-state index contributed by atoms with van der Waals surface area (Å²) in [4.78, 5) is 41.2. The van der Waals surface area contributed by atoms with Crippen LogP contribution in [0, 0.1) is 11.3 Å². The molecule has 7 aromatic rings. The van der Waals surface area contributed by atoms with E-state index in [0.717, 1.165) is 5.39 Å². The molecule has 1 amide bonds. The molecule has 3 N–H and O–H groups in total. The van der Waals surface area contributed by atoms with Gasteiger partial charge >= 0.3 is 16.4 Å². The third-order valence-electron chi connectivity index (χ3n) is 8.60. The van der Waals surface area contributed by atoms with E-state index < -0.39 is 16.4 Å². The normalized spacial score (nSPS) is 11.1. The van der Waals surface area contributed by atoms with Gasteiger partial charge in [-0.05, 0) is 61.5 Å². The van der Waals surface area contributed by atoms with Crippen molar-refractivity contribution in [2.24, 2.45) is 5.16 Å². The smallest absolute Gasteiger partial charge is 0.449 e. The van der Waals surface area contributed by atoms with E-state index in [9.17, 15) is 28.4 Å². The lowest BCUT2D eigenvalue weighted by Crippen LogP contribution is -2.28. The number of allylic oxidation sites excluding steroid dienone is 1. The molecule has 336 valence electrons. The second-order valence-corrected chi connectivity index (χ2v) is 13.9. The summed E-state index contributed by atoms with van der Waals surface area (Å²) < 4.78 is 57.5. The van der Waals surface area contributed by atoms with Crippen molar-refractivity contribution in [2.45, 2.75) is 6.92 Å². The number of phenols is 1. The summed E-state index contributed by atoms with van der Waals surface area (Å²) in [5.41, 5.74) is 1.48. The average Bonchev–Trinajstić information content (AvgIpc) is 3.32. The summed E-state index contributed by atoms with van der Waals surface area (Å²) in [5, 5.41) is 25.8. The zero-order valence-electron chi connectivity index (χ0n) is 35.6. The fourth-order valence-electron chi connectivity index (χ4n) is 5.63. The van der Waals surface area contributed by atoms with E-state index >= 15 is 0 Å². The topological polar surface area (TPSA) is 251 Å². The number of phenolic OH excluding ortho intramolecular Hbond substituents is 1. The minimum absolute atomic E-state index is 0.00419. The van der Waals surface area contributed by atoms with Gasteiger partial charge in [0, 0.05) is 24.2 Å². The third-order valence-corrected chi connectivity index (χ3v) is 8.96. The number of hydrogen-bond donors (Lipinski definition) is 3. The Morgan fingerprint density at radius 2 is 1.32 bits per heavy atom. The quantitative estimate of drug-likeness (QED) is 0.0324. The summed E-state index contributed by atoms with van der Waals surface area (Å²) in [6, 6.07) is 41.7. The van der Waals surface area contributed by atoms with Crippen LogP contribution in [0.25, 0.3) is 16.5 Å². The number of nitrogens with zero attached hydrogens (tertiary/aromatic N) is 5. The van der Waals surface area contributed by atoms with E-state index in [-0.39, 0.29) is 57.5 Å². The van der Waals surface area contributed by atoms with Crippen LogP contribution in [0.5, 0.6) is 40.5 Å². The number of fused-ring (bicyclic) bond motifs is 1. The van der Waals surface area contributed by atoms with Gasteiger partial charge in [-0.3, -0.25) is 14.3 Å². The number of methoxy groups -OCH3 is 1. The fraction of sp³-hybridized carbons (Fsp3) is 0.0851. The number of para-hydroxylation sites is 5. The molecule has 0 fully saturated rings. The molecule has 7 rings (SSSR count). The van der Waals surface area contributed by atoms with Gasteiger partial charge in [-0.1, -0.05) is 84.0 Å². The lowest BCUT2D eigenvalue weighted by Gasteiger charge is -2.14. The molecule has 0 unspecified atom stereocenters. The molecule has 19 heteroatoms. The predicted molar refractivity (Wildman–Crippen MR) is 241 cm³/mol. The van der Waals surface area contributed by atoms with E-state index in [1.165, 1.54) is 52.7 Å². The lowest BCUT2D eigenvalue weighted by molar-refractivity contribution is -0.128. The first-order valence-corrected chi connectivity index (χ1v) is 20.6. The van der Waals surface area contributed by atoms with Crippen LogP contribution in [-0.2, 0) is 33.7 Å². The summed E-state index contributed by atoms with van der Waals surface area (Å²) >= 11 is 0. The Balaban J connectivity index is 0.000000214. The maximum Gasteiger partial charge on any atom is 0.449 e. The van der Waals surface area contributed by atoms with Gasteiger partial charge in [-0.15, -0.1) is 0 Å². The lowest BCUT2D eigenvalue weighted by atomic mass is 10.0. The summed E-state index contributed by atoms with van der Waals surface area (Å²) in [6.45, 7) is 1.40. The zero-order chi connectivity index (χ0) is 47.5. The van der Waals surface area contributed by atoms with Crippen molar-refractivity contribution in [3.63, 3.8) is 0 Å². The molecule has 0 aliphatic heterocycles. The predicted octanol–water partition coefficient (Wildman–Crippen LogP) is 8.17. The number of pyridine rings is 1. The van der Waals surface area contributed by atoms with Crippen molar-refractivity contribution in [2.75, 3.05) is 21.3 Å². The number of carbonyl (C=O) groups is 2. The highest BCUT2D eigenvalue weighted by atomic mass is 32.3. The number of benzene rings is 5. The standard InChI is InChI=1S/C22H17N3O8S.C16H16N2O3.C9H7NO/c1-14(30-2)21(22(26)33-34(27,28)29)16-8-4-6-10-18(16)32-20-11-19(24-13-25-20)31-17-9-5-3-7-15(17)12-23;1-17-16(19)15(18-20-2)13-10-6-7-11-14(13)21-12-8-4-3-5-9-12;11-8-5-1-3-7-4-2-6-10-9(7)8/h3-11,13H,1-2H3,(H,27,28,29);3-11H,1-2H3,(H,17,19);1-6,11H/b21-14+;18-15+;. The van der Waals surface area contributed by atoms with Crippen molar-refractivity contribution >= 4 is 44.5 Å². The van der Waals surface area contributed by atoms with Crippen LogP contribution in [0.15, 0.2) is 163 Å². The molecule has 2 heterocycles. The van der Waals surface area contributed by atoms with Crippen LogP contribution in [0.2, 0.25) is 0 Å². The molecule has 0 bridgehead atoms. The highest BCUT2D eigenvalue weighted by Crippen LogP contribution is 2.34. The van der Waals surface area contributed by atoms with Crippen LogP contribution in [-0.4, -0.2) is 71.9 Å². The van der Waals surface area contributed by atoms with Crippen LogP contribution in [0.1, 0.15) is 23.6 Å². The van der Waals surface area contributed by atoms with Gasteiger partial charge in [-0.2, -0.15) is 13.7 Å². The van der Waals surface area contributed by atoms with Crippen molar-refractivity contribution < 1.29 is 55.6 Å². The minimum Gasteiger partial charge on any atom is -0.506 e. The number of hydrogen-bond acceptors (Lipinski definition) is 16. The molecule has 5 aromatic carbocycles. The number of nitriles is 1. The Labute approximate surface area is 378 Å². The van der Waals surface area contributed by atoms with Gasteiger partial charge < -0.3 is 38.4 Å². The van der Waals surface area contributed by atoms with Crippen molar-refractivity contribution in [1.82, 2.24) is 20.3 Å². The van der Waals surface area contributed by atoms with E-state index in [1.54, 1.807) is 72.9 Å². The Morgan fingerprint density at radius 1 is 0.727 bits per heavy atom. The minimum atomic E-state index is -5.07. The van der Waals surface area contributed by atoms with Gasteiger partial charge in [0.15, 0.2) is 5.71 Å². The highest BCUT2D eigenvalue weighted by molar-refractivity contribution is 7.81. The number of nitrogens with one attached hydrogen (secondary N) is 1. The van der Waals surface area contributed by atoms with Crippen molar-refractivity contribution in [3.8, 4) is 46.6 Å². The maximum atomic E-state index is 12.5. The molecule has 0 spiro atoms. The number of likely N-dealkylation sites (N-methyl/N-ethyl adjacent to an activating group) is 1. The Bertz CT molecular complexity index is 3010. The fourth-order valence-corrected chi connectivity index (χ4v) is 5.90. The van der Waals surface area contributed by atoms with Gasteiger partial charge in [0.25, 0.3) is 5.91 Å². The molecule has 0 radical (unpaired) electrons. The Kier molecular flexibility index (Phi) is 17.2. The summed E-state index contributed by atoms with van der Waals surface area (Å²) in [5.74, 6) is 0.199. The molecule has 0 saturated heterocycles. The summed E-state index contributed by atoms with van der Waals surface area (Å²) in [7, 11) is -0.872. The number of aromatic nitrogens is 3. The number of rotatable bonds is 13. The van der Waals surface area contributed by atoms with E-state index in [2.05, 4.69) is 29.6 Å². The summed E-state index contributed by atoms with van der Waals surface area (Å²) in [6.07, 6.45) is 2.84. The molecule has 2 aromatic heterocycles. The van der Waals surface area contributed by atoms with Crippen LogP contribution < -0.4 is 19.5 Å². The number of aromatic hydroxyl groups is 1. The van der Waals surface area contributed by atoms with E-state index in [0.29, 0.717) is 28.1 Å². The number of oxime groups is 1. The van der Waals surface area contributed by atoms with Crippen LogP contribution in [0.4, 0.5) is 0 Å². The largest absolute Gasteiger partial charge is 0.506 e. The van der Waals surface area contributed by atoms with Crippen molar-refractivity contribution in [3.05, 3.63) is 175 Å². The molecule has 0 saturated carbocycles. The molecule has 66 heavy (non-hydrogen) atoms. The first-order chi connectivity index (χ1) is 31.8. The number of ether oxygens (including phenoxy) is 4. The van der Waals surface area contributed by atoms with E-state index in [1.807, 2.05) is 60.7 Å². The molecule has 18 nitrogen and oxygen atoms in total. The molecular weight excluding hydrogens is 873 g/mol. The maximum absolute atomic E-state index is 12.5. The number of carbonyl (C=O) groups excluding carboxylic acids is 2. The first-order valence-electron chi connectivity index (χ1n) is 19.3.